The van der Waals surface area contributed by atoms with Crippen LogP contribution in [0.3, 0.4) is 0 Å². The quantitative estimate of drug-likeness (QED) is 0.855. The number of nitrogens with one attached hydrogen (secondary N) is 1. The van der Waals surface area contributed by atoms with E-state index < -0.39 is 0 Å². The van der Waals surface area contributed by atoms with Gasteiger partial charge in [-0.15, -0.1) is 11.3 Å². The summed E-state index contributed by atoms with van der Waals surface area (Å²) < 4.78 is 1.51. The van der Waals surface area contributed by atoms with Crippen LogP contribution in [0.25, 0.3) is 10.2 Å². The van der Waals surface area contributed by atoms with E-state index in [2.05, 4.69) is 10.3 Å². The number of nitrogens with zero attached hydrogens (tertiary/aromatic N) is 2. The third-order valence-corrected chi connectivity index (χ3v) is 4.06. The molecule has 0 atom stereocenters. The Labute approximate surface area is 113 Å². The monoisotopic (exact) mass is 281 g/mol. The zero-order valence-corrected chi connectivity index (χ0v) is 11.6. The van der Waals surface area contributed by atoms with Gasteiger partial charge in [-0.05, 0) is 19.4 Å². The van der Waals surface area contributed by atoms with E-state index in [4.69, 9.17) is 5.11 Å². The van der Waals surface area contributed by atoms with E-state index in [0.29, 0.717) is 27.2 Å². The fourth-order valence-corrected chi connectivity index (χ4v) is 2.91. The molecule has 0 bridgehead atoms. The standard InChI is InChI=1S/C12H15N3O3S/c1-3-15-6-14-11-8(12(15)18)7(2)9(19-11)10(17)13-4-5-16/h6,16H,3-5H2,1-2H3,(H,13,17). The van der Waals surface area contributed by atoms with Crippen molar-refractivity contribution in [3.05, 3.63) is 27.1 Å². The normalized spacial score (nSPS) is 10.9. The van der Waals surface area contributed by atoms with Gasteiger partial charge in [-0.25, -0.2) is 4.98 Å². The molecule has 0 aliphatic rings. The molecule has 2 aromatic rings. The van der Waals surface area contributed by atoms with Crippen molar-refractivity contribution >= 4 is 27.5 Å². The first-order valence-electron chi connectivity index (χ1n) is 5.97. The third-order valence-electron chi connectivity index (χ3n) is 2.86. The Morgan fingerprint density at radius 2 is 2.32 bits per heavy atom. The van der Waals surface area contributed by atoms with Crippen molar-refractivity contribution < 1.29 is 9.90 Å². The molecular weight excluding hydrogens is 266 g/mol. The highest BCUT2D eigenvalue weighted by Gasteiger charge is 2.18. The Bertz CT molecular complexity index is 675. The second kappa shape index (κ2) is 5.50. The number of carbonyl (C=O) groups is 1. The highest BCUT2D eigenvalue weighted by atomic mass is 32.1. The molecule has 0 saturated carbocycles. The fourth-order valence-electron chi connectivity index (χ4n) is 1.85. The Morgan fingerprint density at radius 3 is 2.95 bits per heavy atom. The topological polar surface area (TPSA) is 84.2 Å². The van der Waals surface area contributed by atoms with Crippen molar-refractivity contribution in [2.75, 3.05) is 13.2 Å². The van der Waals surface area contributed by atoms with Crippen LogP contribution in [0.4, 0.5) is 0 Å². The van der Waals surface area contributed by atoms with Gasteiger partial charge in [0, 0.05) is 13.1 Å². The second-order valence-corrected chi connectivity index (χ2v) is 5.05. The van der Waals surface area contributed by atoms with Crippen molar-refractivity contribution in [3.8, 4) is 0 Å². The molecule has 0 aliphatic heterocycles. The summed E-state index contributed by atoms with van der Waals surface area (Å²) in [5.41, 5.74) is 0.526. The zero-order valence-electron chi connectivity index (χ0n) is 10.8. The molecule has 0 aromatic carbocycles. The van der Waals surface area contributed by atoms with Gasteiger partial charge < -0.3 is 10.4 Å². The summed E-state index contributed by atoms with van der Waals surface area (Å²) in [6.45, 7) is 4.24. The number of thiophene rings is 1. The minimum absolute atomic E-state index is 0.115. The number of hydrogen-bond acceptors (Lipinski definition) is 5. The number of rotatable bonds is 4. The average molecular weight is 281 g/mol. The summed E-state index contributed by atoms with van der Waals surface area (Å²) in [5.74, 6) is -0.281. The maximum Gasteiger partial charge on any atom is 0.262 e. The first kappa shape index (κ1) is 13.7. The summed E-state index contributed by atoms with van der Waals surface area (Å²) in [6, 6.07) is 0. The first-order valence-corrected chi connectivity index (χ1v) is 6.79. The zero-order chi connectivity index (χ0) is 14.0. The molecule has 2 rings (SSSR count). The van der Waals surface area contributed by atoms with Gasteiger partial charge in [0.25, 0.3) is 11.5 Å². The van der Waals surface area contributed by atoms with Crippen molar-refractivity contribution in [2.45, 2.75) is 20.4 Å². The van der Waals surface area contributed by atoms with E-state index in [1.807, 2.05) is 6.92 Å². The minimum atomic E-state index is -0.281. The molecule has 2 heterocycles. The molecule has 1 amide bonds. The Kier molecular flexibility index (Phi) is 3.96. The van der Waals surface area contributed by atoms with Crippen LogP contribution in [-0.2, 0) is 6.54 Å². The Hall–Kier alpha value is -1.73. The van der Waals surface area contributed by atoms with Gasteiger partial charge >= 0.3 is 0 Å². The van der Waals surface area contributed by atoms with Crippen LogP contribution in [0.5, 0.6) is 0 Å². The summed E-state index contributed by atoms with van der Waals surface area (Å²) in [7, 11) is 0. The molecule has 102 valence electrons. The summed E-state index contributed by atoms with van der Waals surface area (Å²) >= 11 is 1.20. The fraction of sp³-hybridized carbons (Fsp3) is 0.417. The maximum atomic E-state index is 12.2. The number of aliphatic hydroxyl groups is 1. The predicted octanol–water partition coefficient (Wildman–Crippen LogP) is 0.508. The van der Waals surface area contributed by atoms with Crippen molar-refractivity contribution in [1.82, 2.24) is 14.9 Å². The van der Waals surface area contributed by atoms with Crippen molar-refractivity contribution in [3.63, 3.8) is 0 Å². The summed E-state index contributed by atoms with van der Waals surface area (Å²) in [4.78, 5) is 29.4. The van der Waals surface area contributed by atoms with Gasteiger partial charge in [-0.3, -0.25) is 14.2 Å². The van der Waals surface area contributed by atoms with E-state index >= 15 is 0 Å². The average Bonchev–Trinajstić information content (AvgIpc) is 2.74. The van der Waals surface area contributed by atoms with Crippen LogP contribution in [0.2, 0.25) is 0 Å². The van der Waals surface area contributed by atoms with Crippen LogP contribution >= 0.6 is 11.3 Å². The van der Waals surface area contributed by atoms with Crippen molar-refractivity contribution in [2.24, 2.45) is 0 Å². The van der Waals surface area contributed by atoms with Gasteiger partial charge in [0.05, 0.1) is 23.2 Å². The Balaban J connectivity index is 2.54. The molecule has 0 unspecified atom stereocenters. The Morgan fingerprint density at radius 1 is 1.58 bits per heavy atom. The van der Waals surface area contributed by atoms with E-state index in [1.165, 1.54) is 22.2 Å². The molecule has 0 fully saturated rings. The summed E-state index contributed by atoms with van der Waals surface area (Å²) in [6.07, 6.45) is 1.50. The lowest BCUT2D eigenvalue weighted by Crippen LogP contribution is -2.26. The molecule has 2 aromatic heterocycles. The minimum Gasteiger partial charge on any atom is -0.395 e. The van der Waals surface area contributed by atoms with E-state index in [1.54, 1.807) is 6.92 Å². The molecular formula is C12H15N3O3S. The number of aliphatic hydroxyl groups excluding tert-OH is 1. The van der Waals surface area contributed by atoms with E-state index in [-0.39, 0.29) is 24.6 Å². The lowest BCUT2D eigenvalue weighted by Gasteiger charge is -2.01. The molecule has 0 spiro atoms. The van der Waals surface area contributed by atoms with Gasteiger partial charge in [-0.1, -0.05) is 0 Å². The van der Waals surface area contributed by atoms with Crippen LogP contribution in [0.15, 0.2) is 11.1 Å². The van der Waals surface area contributed by atoms with Gasteiger partial charge in [-0.2, -0.15) is 0 Å². The smallest absolute Gasteiger partial charge is 0.262 e. The predicted molar refractivity (Wildman–Crippen MR) is 73.7 cm³/mol. The number of amides is 1. The van der Waals surface area contributed by atoms with Crippen LogP contribution in [0, 0.1) is 6.92 Å². The number of aromatic nitrogens is 2. The van der Waals surface area contributed by atoms with Crippen LogP contribution in [-0.4, -0.2) is 33.7 Å². The molecule has 19 heavy (non-hydrogen) atoms. The molecule has 6 nitrogen and oxygen atoms in total. The first-order chi connectivity index (χ1) is 9.10. The number of hydrogen-bond donors (Lipinski definition) is 2. The molecule has 2 N–H and O–H groups in total. The van der Waals surface area contributed by atoms with E-state index in [0.717, 1.165) is 0 Å². The van der Waals surface area contributed by atoms with Crippen molar-refractivity contribution in [1.29, 1.82) is 0 Å². The lowest BCUT2D eigenvalue weighted by molar-refractivity contribution is 0.0948. The summed E-state index contributed by atoms with van der Waals surface area (Å²) in [5, 5.41) is 11.8. The number of aryl methyl sites for hydroxylation is 2. The largest absolute Gasteiger partial charge is 0.395 e. The highest BCUT2D eigenvalue weighted by Crippen LogP contribution is 2.26. The number of carbonyl (C=O) groups excluding carboxylic acids is 1. The molecule has 0 radical (unpaired) electrons. The van der Waals surface area contributed by atoms with Crippen LogP contribution < -0.4 is 10.9 Å². The highest BCUT2D eigenvalue weighted by molar-refractivity contribution is 7.20. The van der Waals surface area contributed by atoms with E-state index in [9.17, 15) is 9.59 Å². The van der Waals surface area contributed by atoms with Gasteiger partial charge in [0.1, 0.15) is 4.83 Å². The molecule has 7 heteroatoms. The van der Waals surface area contributed by atoms with Crippen LogP contribution in [0.1, 0.15) is 22.2 Å². The maximum absolute atomic E-state index is 12.2. The number of fused-ring (bicyclic) bond motifs is 1. The van der Waals surface area contributed by atoms with Gasteiger partial charge in [0.15, 0.2) is 0 Å². The second-order valence-electron chi connectivity index (χ2n) is 4.05. The lowest BCUT2D eigenvalue weighted by atomic mass is 10.2. The molecule has 0 saturated heterocycles. The molecule has 0 aliphatic carbocycles. The van der Waals surface area contributed by atoms with Gasteiger partial charge in [0.2, 0.25) is 0 Å². The SMILES string of the molecule is CCn1cnc2sc(C(=O)NCCO)c(C)c2c1=O. The third kappa shape index (κ3) is 2.39.